The Morgan fingerprint density at radius 3 is 2.47 bits per heavy atom. The molecule has 1 amide bonds. The van der Waals surface area contributed by atoms with Crippen molar-refractivity contribution in [3.63, 3.8) is 0 Å². The highest BCUT2D eigenvalue weighted by Gasteiger charge is 2.42. The van der Waals surface area contributed by atoms with Gasteiger partial charge in [0.2, 0.25) is 0 Å². The minimum absolute atomic E-state index is 0.0111. The van der Waals surface area contributed by atoms with Crippen molar-refractivity contribution in [2.45, 2.75) is 51.2 Å². The summed E-state index contributed by atoms with van der Waals surface area (Å²) in [5, 5.41) is 0. The standard InChI is InChI=1S/C25H38FN3O3/c1-20(2)18-27-12-14-28(15-13-27)22-7-16-32-25(17-22)8-10-29(11-9-25)24(30)19-31-23-5-3-21(26)4-6-23/h3-6,20,22H,7-19H2,1-2H3. The molecule has 0 aromatic heterocycles. The number of rotatable bonds is 6. The Bertz CT molecular complexity index is 741. The third-order valence-electron chi connectivity index (χ3n) is 7.22. The van der Waals surface area contributed by atoms with Gasteiger partial charge in [-0.25, -0.2) is 4.39 Å². The number of likely N-dealkylation sites (tertiary alicyclic amines) is 1. The summed E-state index contributed by atoms with van der Waals surface area (Å²) in [4.78, 5) is 19.8. The smallest absolute Gasteiger partial charge is 0.260 e. The number of piperazine rings is 1. The number of amides is 1. The van der Waals surface area contributed by atoms with E-state index in [0.29, 0.717) is 24.9 Å². The molecule has 0 aliphatic carbocycles. The Kier molecular flexibility index (Phi) is 7.69. The van der Waals surface area contributed by atoms with Crippen LogP contribution in [0.25, 0.3) is 0 Å². The molecule has 1 atom stereocenters. The molecule has 178 valence electrons. The van der Waals surface area contributed by atoms with E-state index in [1.165, 1.54) is 31.8 Å². The fraction of sp³-hybridized carbons (Fsp3) is 0.720. The molecule has 3 aliphatic rings. The molecule has 1 spiro atoms. The molecule has 0 saturated carbocycles. The van der Waals surface area contributed by atoms with Gasteiger partial charge in [0, 0.05) is 58.5 Å². The van der Waals surface area contributed by atoms with Crippen LogP contribution in [0.15, 0.2) is 24.3 Å². The lowest BCUT2D eigenvalue weighted by atomic mass is 9.81. The zero-order chi connectivity index (χ0) is 22.6. The predicted octanol–water partition coefficient (Wildman–Crippen LogP) is 3.02. The number of ether oxygens (including phenoxy) is 2. The lowest BCUT2D eigenvalue weighted by Crippen LogP contribution is -2.57. The number of nitrogens with zero attached hydrogens (tertiary/aromatic N) is 3. The molecule has 4 rings (SSSR count). The second-order valence-electron chi connectivity index (χ2n) is 10.0. The van der Waals surface area contributed by atoms with Crippen LogP contribution in [0.2, 0.25) is 0 Å². The molecule has 1 aromatic rings. The van der Waals surface area contributed by atoms with Gasteiger partial charge in [-0.2, -0.15) is 0 Å². The highest BCUT2D eigenvalue weighted by Crippen LogP contribution is 2.37. The molecule has 0 N–H and O–H groups in total. The first-order chi connectivity index (χ1) is 15.4. The van der Waals surface area contributed by atoms with Crippen molar-refractivity contribution in [1.29, 1.82) is 0 Å². The number of hydrogen-bond acceptors (Lipinski definition) is 5. The zero-order valence-electron chi connectivity index (χ0n) is 19.6. The Morgan fingerprint density at radius 2 is 1.81 bits per heavy atom. The normalized spacial score (nSPS) is 24.8. The summed E-state index contributed by atoms with van der Waals surface area (Å²) in [5.74, 6) is 0.910. The summed E-state index contributed by atoms with van der Waals surface area (Å²) >= 11 is 0. The summed E-state index contributed by atoms with van der Waals surface area (Å²) in [7, 11) is 0. The minimum Gasteiger partial charge on any atom is -0.484 e. The monoisotopic (exact) mass is 447 g/mol. The quantitative estimate of drug-likeness (QED) is 0.671. The van der Waals surface area contributed by atoms with Gasteiger partial charge in [0.15, 0.2) is 6.61 Å². The van der Waals surface area contributed by atoms with Gasteiger partial charge in [-0.1, -0.05) is 13.8 Å². The van der Waals surface area contributed by atoms with Crippen molar-refractivity contribution < 1.29 is 18.7 Å². The number of hydrogen-bond donors (Lipinski definition) is 0. The van der Waals surface area contributed by atoms with Crippen molar-refractivity contribution in [3.8, 4) is 5.75 Å². The Balaban J connectivity index is 1.23. The van der Waals surface area contributed by atoms with Crippen LogP contribution in [0.3, 0.4) is 0 Å². The third-order valence-corrected chi connectivity index (χ3v) is 7.22. The van der Waals surface area contributed by atoms with Crippen LogP contribution in [0, 0.1) is 11.7 Å². The van der Waals surface area contributed by atoms with E-state index in [2.05, 4.69) is 23.6 Å². The molecular weight excluding hydrogens is 409 g/mol. The maximum atomic E-state index is 13.0. The highest BCUT2D eigenvalue weighted by molar-refractivity contribution is 5.77. The molecule has 3 saturated heterocycles. The van der Waals surface area contributed by atoms with Gasteiger partial charge in [0.25, 0.3) is 5.91 Å². The van der Waals surface area contributed by atoms with E-state index in [1.807, 2.05) is 4.90 Å². The number of carbonyl (C=O) groups excluding carboxylic acids is 1. The molecule has 0 bridgehead atoms. The third kappa shape index (κ3) is 6.00. The van der Waals surface area contributed by atoms with Crippen LogP contribution in [-0.2, 0) is 9.53 Å². The first-order valence-corrected chi connectivity index (χ1v) is 12.2. The van der Waals surface area contributed by atoms with Crippen LogP contribution in [0.5, 0.6) is 5.75 Å². The second kappa shape index (κ2) is 10.5. The van der Waals surface area contributed by atoms with Crippen LogP contribution in [-0.4, -0.2) is 91.3 Å². The van der Waals surface area contributed by atoms with Gasteiger partial charge in [-0.05, 0) is 55.9 Å². The first-order valence-electron chi connectivity index (χ1n) is 12.2. The second-order valence-corrected chi connectivity index (χ2v) is 10.0. The SMILES string of the molecule is CC(C)CN1CCN(C2CCOC3(CCN(C(=O)COc4ccc(F)cc4)CC3)C2)CC1. The number of benzene rings is 1. The predicted molar refractivity (Wildman–Crippen MR) is 122 cm³/mol. The minimum atomic E-state index is -0.312. The summed E-state index contributed by atoms with van der Waals surface area (Å²) < 4.78 is 24.9. The summed E-state index contributed by atoms with van der Waals surface area (Å²) in [6.45, 7) is 12.6. The van der Waals surface area contributed by atoms with Gasteiger partial charge < -0.3 is 19.3 Å². The van der Waals surface area contributed by atoms with E-state index in [-0.39, 0.29) is 23.9 Å². The van der Waals surface area contributed by atoms with Gasteiger partial charge >= 0.3 is 0 Å². The maximum Gasteiger partial charge on any atom is 0.260 e. The van der Waals surface area contributed by atoms with Crippen LogP contribution in [0.4, 0.5) is 4.39 Å². The molecule has 32 heavy (non-hydrogen) atoms. The molecule has 3 heterocycles. The van der Waals surface area contributed by atoms with E-state index in [1.54, 1.807) is 12.1 Å². The molecular formula is C25H38FN3O3. The number of piperidine rings is 1. The molecule has 7 heteroatoms. The summed E-state index contributed by atoms with van der Waals surface area (Å²) in [6.07, 6.45) is 3.96. The topological polar surface area (TPSA) is 45.2 Å². The molecule has 3 fully saturated rings. The van der Waals surface area contributed by atoms with Crippen molar-refractivity contribution in [1.82, 2.24) is 14.7 Å². The average molecular weight is 448 g/mol. The highest BCUT2D eigenvalue weighted by atomic mass is 19.1. The summed E-state index contributed by atoms with van der Waals surface area (Å²) in [6, 6.07) is 6.37. The largest absolute Gasteiger partial charge is 0.484 e. The Morgan fingerprint density at radius 1 is 1.12 bits per heavy atom. The Labute approximate surface area is 191 Å². The number of halogens is 1. The van der Waals surface area contributed by atoms with Crippen LogP contribution < -0.4 is 4.74 Å². The van der Waals surface area contributed by atoms with Crippen molar-refractivity contribution in [2.24, 2.45) is 5.92 Å². The zero-order valence-corrected chi connectivity index (χ0v) is 19.6. The van der Waals surface area contributed by atoms with Crippen molar-refractivity contribution in [3.05, 3.63) is 30.1 Å². The molecule has 6 nitrogen and oxygen atoms in total. The fourth-order valence-corrected chi connectivity index (χ4v) is 5.42. The van der Waals surface area contributed by atoms with E-state index >= 15 is 0 Å². The lowest BCUT2D eigenvalue weighted by molar-refractivity contribution is -0.151. The summed E-state index contributed by atoms with van der Waals surface area (Å²) in [5.41, 5.74) is -0.0907. The maximum absolute atomic E-state index is 13.0. The van der Waals surface area contributed by atoms with E-state index in [4.69, 9.17) is 9.47 Å². The Hall–Kier alpha value is -1.70. The van der Waals surface area contributed by atoms with Gasteiger partial charge in [0.05, 0.1) is 5.60 Å². The van der Waals surface area contributed by atoms with E-state index in [0.717, 1.165) is 51.3 Å². The average Bonchev–Trinajstić information content (AvgIpc) is 2.79. The molecule has 0 radical (unpaired) electrons. The number of carbonyl (C=O) groups is 1. The molecule has 1 aromatic carbocycles. The van der Waals surface area contributed by atoms with Crippen LogP contribution in [0.1, 0.15) is 39.5 Å². The van der Waals surface area contributed by atoms with Crippen molar-refractivity contribution >= 4 is 5.91 Å². The van der Waals surface area contributed by atoms with Crippen molar-refractivity contribution in [2.75, 3.05) is 59.0 Å². The first kappa shape index (κ1) is 23.5. The fourth-order valence-electron chi connectivity index (χ4n) is 5.42. The van der Waals surface area contributed by atoms with Gasteiger partial charge in [0.1, 0.15) is 11.6 Å². The molecule has 1 unspecified atom stereocenters. The van der Waals surface area contributed by atoms with E-state index < -0.39 is 0 Å². The molecule has 3 aliphatic heterocycles. The van der Waals surface area contributed by atoms with Gasteiger partial charge in [-0.15, -0.1) is 0 Å². The van der Waals surface area contributed by atoms with E-state index in [9.17, 15) is 9.18 Å². The van der Waals surface area contributed by atoms with Crippen LogP contribution >= 0.6 is 0 Å². The van der Waals surface area contributed by atoms with Gasteiger partial charge in [-0.3, -0.25) is 9.69 Å². The lowest BCUT2D eigenvalue weighted by Gasteiger charge is -2.49.